The van der Waals surface area contributed by atoms with Crippen molar-refractivity contribution < 1.29 is 19.5 Å². The molecule has 0 aromatic rings. The Bertz CT molecular complexity index is 265. The van der Waals surface area contributed by atoms with Crippen LogP contribution in [0.4, 0.5) is 0 Å². The van der Waals surface area contributed by atoms with Crippen LogP contribution < -0.4 is 16.8 Å². The Kier molecular flexibility index (Phi) is 5.32. The molecule has 0 saturated heterocycles. The lowest BCUT2D eigenvalue weighted by Crippen LogP contribution is -2.44. The molecule has 0 fully saturated rings. The van der Waals surface area contributed by atoms with E-state index < -0.39 is 30.2 Å². The maximum Gasteiger partial charge on any atom is 0.326 e. The minimum Gasteiger partial charge on any atom is -0.480 e. The molecule has 0 aliphatic heterocycles. The van der Waals surface area contributed by atoms with Crippen molar-refractivity contribution in [2.45, 2.75) is 31.8 Å². The average molecular weight is 217 g/mol. The van der Waals surface area contributed by atoms with Crippen LogP contribution in [-0.2, 0) is 14.4 Å². The molecule has 0 aromatic carbocycles. The Labute approximate surface area is 86.8 Å². The highest BCUT2D eigenvalue weighted by molar-refractivity contribution is 5.88. The standard InChI is InChI=1S/C8H15N3O4/c1-4(9)2-7(13)11-5(8(14)15)3-6(10)12/h4-5H,2-3,9H2,1H3,(H2,10,12)(H,11,13)(H,14,15)/t4?,5-/m0/s1. The molecule has 7 nitrogen and oxygen atoms in total. The van der Waals surface area contributed by atoms with E-state index >= 15 is 0 Å². The number of nitrogens with two attached hydrogens (primary N) is 2. The molecule has 0 saturated carbocycles. The maximum absolute atomic E-state index is 11.1. The summed E-state index contributed by atoms with van der Waals surface area (Å²) in [5.74, 6) is -2.60. The monoisotopic (exact) mass is 217 g/mol. The van der Waals surface area contributed by atoms with Crippen LogP contribution in [-0.4, -0.2) is 35.0 Å². The summed E-state index contributed by atoms with van der Waals surface area (Å²) < 4.78 is 0. The van der Waals surface area contributed by atoms with Crippen molar-refractivity contribution in [1.29, 1.82) is 0 Å². The first-order chi connectivity index (χ1) is 6.82. The van der Waals surface area contributed by atoms with Crippen molar-refractivity contribution in [3.05, 3.63) is 0 Å². The number of hydrogen-bond acceptors (Lipinski definition) is 4. The van der Waals surface area contributed by atoms with E-state index in [0.717, 1.165) is 0 Å². The number of nitrogens with one attached hydrogen (secondary N) is 1. The molecule has 86 valence electrons. The van der Waals surface area contributed by atoms with Gasteiger partial charge in [-0.2, -0.15) is 0 Å². The first kappa shape index (κ1) is 13.4. The summed E-state index contributed by atoms with van der Waals surface area (Å²) in [5.41, 5.74) is 10.2. The second-order valence-electron chi connectivity index (χ2n) is 3.31. The lowest BCUT2D eigenvalue weighted by molar-refractivity contribution is -0.143. The van der Waals surface area contributed by atoms with E-state index in [4.69, 9.17) is 16.6 Å². The highest BCUT2D eigenvalue weighted by Crippen LogP contribution is 1.94. The van der Waals surface area contributed by atoms with Gasteiger partial charge in [-0.25, -0.2) is 4.79 Å². The van der Waals surface area contributed by atoms with Crippen molar-refractivity contribution in [2.24, 2.45) is 11.5 Å². The van der Waals surface area contributed by atoms with Gasteiger partial charge in [-0.3, -0.25) is 9.59 Å². The van der Waals surface area contributed by atoms with Crippen molar-refractivity contribution in [3.63, 3.8) is 0 Å². The van der Waals surface area contributed by atoms with Gasteiger partial charge in [0.1, 0.15) is 6.04 Å². The zero-order valence-corrected chi connectivity index (χ0v) is 8.40. The summed E-state index contributed by atoms with van der Waals surface area (Å²) >= 11 is 0. The molecule has 2 amide bonds. The summed E-state index contributed by atoms with van der Waals surface area (Å²) in [6, 6.07) is -1.65. The van der Waals surface area contributed by atoms with Crippen LogP contribution in [0.1, 0.15) is 19.8 Å². The van der Waals surface area contributed by atoms with E-state index in [9.17, 15) is 14.4 Å². The molecule has 0 aliphatic rings. The predicted molar refractivity (Wildman–Crippen MR) is 51.6 cm³/mol. The third-order valence-corrected chi connectivity index (χ3v) is 1.55. The fraction of sp³-hybridized carbons (Fsp3) is 0.625. The van der Waals surface area contributed by atoms with Crippen LogP contribution in [0.3, 0.4) is 0 Å². The van der Waals surface area contributed by atoms with Crippen molar-refractivity contribution in [1.82, 2.24) is 5.32 Å². The highest BCUT2D eigenvalue weighted by atomic mass is 16.4. The van der Waals surface area contributed by atoms with Crippen molar-refractivity contribution >= 4 is 17.8 Å². The van der Waals surface area contributed by atoms with Gasteiger partial charge in [0, 0.05) is 12.5 Å². The van der Waals surface area contributed by atoms with Crippen LogP contribution in [0.15, 0.2) is 0 Å². The van der Waals surface area contributed by atoms with Gasteiger partial charge in [-0.15, -0.1) is 0 Å². The molecular formula is C8H15N3O4. The molecule has 0 aliphatic carbocycles. The normalized spacial score (nSPS) is 14.0. The van der Waals surface area contributed by atoms with Crippen LogP contribution >= 0.6 is 0 Å². The van der Waals surface area contributed by atoms with Gasteiger partial charge < -0.3 is 21.9 Å². The summed E-state index contributed by atoms with van der Waals surface area (Å²) in [6.07, 6.45) is -0.428. The van der Waals surface area contributed by atoms with Gasteiger partial charge in [0.25, 0.3) is 0 Å². The van der Waals surface area contributed by atoms with Gasteiger partial charge in [0.05, 0.1) is 6.42 Å². The van der Waals surface area contributed by atoms with E-state index in [-0.39, 0.29) is 12.5 Å². The first-order valence-corrected chi connectivity index (χ1v) is 4.39. The summed E-state index contributed by atoms with van der Waals surface area (Å²) in [6.45, 7) is 1.61. The van der Waals surface area contributed by atoms with Crippen molar-refractivity contribution in [2.75, 3.05) is 0 Å². The Balaban J connectivity index is 4.22. The zero-order valence-electron chi connectivity index (χ0n) is 8.40. The Morgan fingerprint density at radius 2 is 1.87 bits per heavy atom. The lowest BCUT2D eigenvalue weighted by atomic mass is 10.1. The van der Waals surface area contributed by atoms with Crippen LogP contribution in [0, 0.1) is 0 Å². The second-order valence-corrected chi connectivity index (χ2v) is 3.31. The van der Waals surface area contributed by atoms with E-state index in [0.29, 0.717) is 0 Å². The minimum absolute atomic E-state index is 0.00252. The number of hydrogen-bond donors (Lipinski definition) is 4. The molecule has 0 bridgehead atoms. The van der Waals surface area contributed by atoms with Gasteiger partial charge in [-0.05, 0) is 6.92 Å². The number of carboxylic acids is 1. The number of carbonyl (C=O) groups excluding carboxylic acids is 2. The summed E-state index contributed by atoms with van der Waals surface area (Å²) in [7, 11) is 0. The van der Waals surface area contributed by atoms with E-state index in [1.165, 1.54) is 0 Å². The average Bonchev–Trinajstić information content (AvgIpc) is 1.99. The number of rotatable bonds is 6. The Morgan fingerprint density at radius 3 is 2.20 bits per heavy atom. The minimum atomic E-state index is -1.30. The van der Waals surface area contributed by atoms with Crippen LogP contribution in [0.5, 0.6) is 0 Å². The number of amides is 2. The van der Waals surface area contributed by atoms with Gasteiger partial charge in [0.2, 0.25) is 11.8 Å². The molecule has 0 spiro atoms. The zero-order chi connectivity index (χ0) is 12.0. The van der Waals surface area contributed by atoms with Gasteiger partial charge in [0.15, 0.2) is 0 Å². The summed E-state index contributed by atoms with van der Waals surface area (Å²) in [5, 5.41) is 10.8. The number of carbonyl (C=O) groups is 3. The van der Waals surface area contributed by atoms with Gasteiger partial charge in [-0.1, -0.05) is 0 Å². The maximum atomic E-state index is 11.1. The van der Waals surface area contributed by atoms with E-state index in [1.807, 2.05) is 0 Å². The largest absolute Gasteiger partial charge is 0.480 e. The predicted octanol–water partition coefficient (Wildman–Crippen LogP) is -1.83. The number of carboxylic acid groups (broad SMARTS) is 1. The summed E-state index contributed by atoms with van der Waals surface area (Å²) in [4.78, 5) is 32.2. The van der Waals surface area contributed by atoms with Crippen molar-refractivity contribution in [3.8, 4) is 0 Å². The topological polar surface area (TPSA) is 136 Å². The smallest absolute Gasteiger partial charge is 0.326 e. The molecule has 0 heterocycles. The molecule has 1 unspecified atom stereocenters. The third kappa shape index (κ3) is 6.44. The number of aliphatic carboxylic acids is 1. The molecule has 0 radical (unpaired) electrons. The van der Waals surface area contributed by atoms with E-state index in [2.05, 4.69) is 5.32 Å². The highest BCUT2D eigenvalue weighted by Gasteiger charge is 2.22. The van der Waals surface area contributed by atoms with Gasteiger partial charge >= 0.3 is 5.97 Å². The third-order valence-electron chi connectivity index (χ3n) is 1.55. The first-order valence-electron chi connectivity index (χ1n) is 4.39. The lowest BCUT2D eigenvalue weighted by Gasteiger charge is -2.13. The van der Waals surface area contributed by atoms with E-state index in [1.54, 1.807) is 6.92 Å². The Hall–Kier alpha value is -1.63. The second kappa shape index (κ2) is 5.97. The quantitative estimate of drug-likeness (QED) is 0.415. The SMILES string of the molecule is CC(N)CC(=O)N[C@@H](CC(N)=O)C(=O)O. The number of primary amides is 1. The molecule has 0 rings (SSSR count). The molecule has 15 heavy (non-hydrogen) atoms. The molecule has 7 heteroatoms. The molecular weight excluding hydrogens is 202 g/mol. The fourth-order valence-electron chi connectivity index (χ4n) is 0.947. The Morgan fingerprint density at radius 1 is 1.33 bits per heavy atom. The van der Waals surface area contributed by atoms with Crippen LogP contribution in [0.25, 0.3) is 0 Å². The molecule has 0 aromatic heterocycles. The van der Waals surface area contributed by atoms with Crippen LogP contribution in [0.2, 0.25) is 0 Å². The molecule has 2 atom stereocenters. The molecule has 6 N–H and O–H groups in total. The fourth-order valence-corrected chi connectivity index (χ4v) is 0.947.